The van der Waals surface area contributed by atoms with Crippen LogP contribution >= 0.6 is 23.2 Å². The zero-order chi connectivity index (χ0) is 45.8. The number of aromatic nitrogens is 3. The molecular formula is C51H56Cl2N8O5. The van der Waals surface area contributed by atoms with E-state index in [1.54, 1.807) is 27.7 Å². The van der Waals surface area contributed by atoms with Crippen LogP contribution in [0.5, 0.6) is 11.5 Å². The maximum atomic E-state index is 12.9. The highest BCUT2D eigenvalue weighted by Gasteiger charge is 2.47. The first kappa shape index (κ1) is 45.2. The Hall–Kier alpha value is -5.99. The quantitative estimate of drug-likeness (QED) is 0.0934. The van der Waals surface area contributed by atoms with Crippen molar-refractivity contribution in [3.05, 3.63) is 164 Å². The van der Waals surface area contributed by atoms with E-state index in [-0.39, 0.29) is 24.4 Å². The Morgan fingerprint density at radius 3 is 2.15 bits per heavy atom. The fourth-order valence-electron chi connectivity index (χ4n) is 8.89. The average Bonchev–Trinajstić information content (AvgIpc) is 4.07. The number of nitrogens with zero attached hydrogens (tertiary/aromatic N) is 8. The number of hydrogen-bond acceptors (Lipinski definition) is 11. The summed E-state index contributed by atoms with van der Waals surface area (Å²) in [5.74, 6) is 0.470. The van der Waals surface area contributed by atoms with Crippen molar-refractivity contribution in [2.24, 2.45) is 5.10 Å². The van der Waals surface area contributed by atoms with Gasteiger partial charge in [-0.15, -0.1) is 0 Å². The van der Waals surface area contributed by atoms with Crippen LogP contribution in [0, 0.1) is 13.8 Å². The highest BCUT2D eigenvalue weighted by molar-refractivity contribution is 6.35. The topological polar surface area (TPSA) is 102 Å². The van der Waals surface area contributed by atoms with Gasteiger partial charge in [0, 0.05) is 54.7 Å². The fraction of sp³-hybridized carbons (Fsp3) is 0.353. The fourth-order valence-corrected chi connectivity index (χ4v) is 9.44. The third-order valence-corrected chi connectivity index (χ3v) is 13.1. The summed E-state index contributed by atoms with van der Waals surface area (Å²) < 4.78 is 29.0. The minimum Gasteiger partial charge on any atom is -0.491 e. The van der Waals surface area contributed by atoms with E-state index in [2.05, 4.69) is 89.1 Å². The Morgan fingerprint density at radius 1 is 0.818 bits per heavy atom. The van der Waals surface area contributed by atoms with Crippen LogP contribution in [0.3, 0.4) is 0 Å². The number of halogens is 2. The van der Waals surface area contributed by atoms with Gasteiger partial charge in [0.1, 0.15) is 50.2 Å². The second kappa shape index (κ2) is 19.9. The maximum Gasteiger partial charge on any atom is 0.350 e. The van der Waals surface area contributed by atoms with Crippen LogP contribution in [-0.4, -0.2) is 89.3 Å². The van der Waals surface area contributed by atoms with E-state index in [1.165, 1.54) is 5.56 Å². The monoisotopic (exact) mass is 930 g/mol. The molecule has 15 heteroatoms. The van der Waals surface area contributed by atoms with Crippen LogP contribution < -0.4 is 25.0 Å². The molecule has 0 spiro atoms. The molecule has 13 nitrogen and oxygen atoms in total. The van der Waals surface area contributed by atoms with Gasteiger partial charge in [0.05, 0.1) is 29.9 Å². The summed E-state index contributed by atoms with van der Waals surface area (Å²) in [5, 5.41) is 12.0. The first-order valence-electron chi connectivity index (χ1n) is 22.6. The lowest BCUT2D eigenvalue weighted by Gasteiger charge is -2.37. The van der Waals surface area contributed by atoms with Crippen LogP contribution in [0.2, 0.25) is 10.0 Å². The molecule has 1 aromatic heterocycles. The summed E-state index contributed by atoms with van der Waals surface area (Å²) in [6.45, 7) is 14.4. The average molecular weight is 932 g/mol. The van der Waals surface area contributed by atoms with E-state index < -0.39 is 5.79 Å². The third-order valence-electron chi connectivity index (χ3n) is 12.6. The Labute approximate surface area is 396 Å². The molecule has 3 unspecified atom stereocenters. The smallest absolute Gasteiger partial charge is 0.350 e. The largest absolute Gasteiger partial charge is 0.491 e. The van der Waals surface area contributed by atoms with E-state index in [1.807, 2.05) is 66.8 Å². The SMILES string of the molecule is CCC(C)n1ncn(-c2ccc(N3CCN(c4ccc(OCC5COC(CN6CN(Cc7cc(C)c(OCc8ccccc8)c(C)c7)C=N6)(c6ccc(Cl)cc6Cl)O5)cc4)CC3)cc2)c1=O. The molecule has 0 radical (unpaired) electrons. The molecule has 0 saturated carbocycles. The number of ether oxygens (including phenoxy) is 4. The predicted octanol–water partition coefficient (Wildman–Crippen LogP) is 9.20. The molecule has 0 bridgehead atoms. The highest BCUT2D eigenvalue weighted by Crippen LogP contribution is 2.41. The van der Waals surface area contributed by atoms with Crippen molar-refractivity contribution in [3.8, 4) is 17.2 Å². The molecule has 3 aliphatic rings. The molecule has 3 atom stereocenters. The van der Waals surface area contributed by atoms with Crippen molar-refractivity contribution in [2.45, 2.75) is 65.2 Å². The zero-order valence-electron chi connectivity index (χ0n) is 37.9. The van der Waals surface area contributed by atoms with Crippen molar-refractivity contribution >= 4 is 40.9 Å². The van der Waals surface area contributed by atoms with E-state index in [0.717, 1.165) is 77.9 Å². The van der Waals surface area contributed by atoms with Gasteiger partial charge in [-0.25, -0.2) is 14.0 Å². The van der Waals surface area contributed by atoms with Crippen molar-refractivity contribution in [3.63, 3.8) is 0 Å². The van der Waals surface area contributed by atoms with Gasteiger partial charge in [0.2, 0.25) is 5.79 Å². The Balaban J connectivity index is 0.775. The summed E-state index contributed by atoms with van der Waals surface area (Å²) in [4.78, 5) is 19.8. The number of piperazine rings is 1. The molecule has 9 rings (SSSR count). The van der Waals surface area contributed by atoms with Gasteiger partial charge in [0.15, 0.2) is 0 Å². The summed E-state index contributed by atoms with van der Waals surface area (Å²) in [6, 6.07) is 36.4. The van der Waals surface area contributed by atoms with E-state index >= 15 is 0 Å². The van der Waals surface area contributed by atoms with Gasteiger partial charge < -0.3 is 33.6 Å². The molecule has 5 aromatic carbocycles. The second-order valence-electron chi connectivity index (χ2n) is 17.3. The second-order valence-corrected chi connectivity index (χ2v) is 18.2. The van der Waals surface area contributed by atoms with Crippen molar-refractivity contribution in [1.29, 1.82) is 0 Å². The van der Waals surface area contributed by atoms with Gasteiger partial charge in [-0.1, -0.05) is 78.7 Å². The Bertz CT molecular complexity index is 2660. The Kier molecular flexibility index (Phi) is 13.6. The molecule has 344 valence electrons. The Morgan fingerprint density at radius 2 is 1.48 bits per heavy atom. The van der Waals surface area contributed by atoms with E-state index in [9.17, 15) is 4.79 Å². The van der Waals surface area contributed by atoms with E-state index in [4.69, 9.17) is 47.3 Å². The van der Waals surface area contributed by atoms with Gasteiger partial charge >= 0.3 is 5.69 Å². The summed E-state index contributed by atoms with van der Waals surface area (Å²) in [7, 11) is 0. The van der Waals surface area contributed by atoms with Gasteiger partial charge in [-0.2, -0.15) is 10.2 Å². The molecular weight excluding hydrogens is 876 g/mol. The van der Waals surface area contributed by atoms with E-state index in [0.29, 0.717) is 48.6 Å². The first-order valence-corrected chi connectivity index (χ1v) is 23.4. The maximum absolute atomic E-state index is 12.9. The normalized spacial score (nSPS) is 18.9. The third kappa shape index (κ3) is 10.0. The molecule has 66 heavy (non-hydrogen) atoms. The van der Waals surface area contributed by atoms with Gasteiger partial charge in [-0.05, 0) is 110 Å². The van der Waals surface area contributed by atoms with Crippen LogP contribution in [0.15, 0.2) is 125 Å². The molecule has 0 aliphatic carbocycles. The van der Waals surface area contributed by atoms with Crippen LogP contribution in [0.4, 0.5) is 11.4 Å². The molecule has 4 heterocycles. The molecule has 3 aliphatic heterocycles. The molecule has 6 aromatic rings. The van der Waals surface area contributed by atoms with Crippen molar-refractivity contribution < 1.29 is 18.9 Å². The molecule has 2 saturated heterocycles. The summed E-state index contributed by atoms with van der Waals surface area (Å²) >= 11 is 13.2. The number of benzene rings is 5. The standard InChI is InChI=1S/C51H56Cl2N8O5/c1-5-38(4)61-50(62)60(34-55-61)44-14-12-42(13-15-44)57-21-23-58(24-22-57)43-16-18-45(19-17-43)63-30-46-31-65-51(66-46,47-20-11-41(52)27-48(47)53)32-59-35-56(33-54-59)28-40-25-36(2)49(37(3)26-40)64-29-39-9-7-6-8-10-39/h6-20,25-27,33-34,38,46H,5,21-24,28-32,35H2,1-4H3. The highest BCUT2D eigenvalue weighted by atomic mass is 35.5. The van der Waals surface area contributed by atoms with Gasteiger partial charge in [-0.3, -0.25) is 5.01 Å². The number of rotatable bonds is 16. The first-order chi connectivity index (χ1) is 32.0. The minimum absolute atomic E-state index is 0.0564. The summed E-state index contributed by atoms with van der Waals surface area (Å²) in [6.07, 6.45) is 3.94. The summed E-state index contributed by atoms with van der Waals surface area (Å²) in [5.41, 5.74) is 8.15. The lowest BCUT2D eigenvalue weighted by atomic mass is 10.0. The minimum atomic E-state index is -1.20. The van der Waals surface area contributed by atoms with Crippen LogP contribution in [0.1, 0.15) is 54.1 Å². The molecule has 2 fully saturated rings. The number of hydrogen-bond donors (Lipinski definition) is 0. The zero-order valence-corrected chi connectivity index (χ0v) is 39.4. The van der Waals surface area contributed by atoms with Gasteiger partial charge in [0.25, 0.3) is 0 Å². The number of aryl methyl sites for hydroxylation is 2. The van der Waals surface area contributed by atoms with Crippen LogP contribution in [0.25, 0.3) is 5.69 Å². The van der Waals surface area contributed by atoms with Crippen LogP contribution in [-0.2, 0) is 28.4 Å². The lowest BCUT2D eigenvalue weighted by Crippen LogP contribution is -2.46. The number of hydrazone groups is 1. The molecule has 0 N–H and O–H groups in total. The van der Waals surface area contributed by atoms with Crippen molar-refractivity contribution in [2.75, 3.05) is 62.4 Å². The number of anilines is 2. The lowest BCUT2D eigenvalue weighted by molar-refractivity contribution is -0.192. The predicted molar refractivity (Wildman–Crippen MR) is 260 cm³/mol. The molecule has 0 amide bonds. The van der Waals surface area contributed by atoms with Crippen molar-refractivity contribution in [1.82, 2.24) is 24.3 Å².